The van der Waals surface area contributed by atoms with Crippen molar-refractivity contribution in [3.63, 3.8) is 0 Å². The van der Waals surface area contributed by atoms with Crippen LogP contribution in [0.25, 0.3) is 0 Å². The van der Waals surface area contributed by atoms with Crippen LogP contribution in [0.1, 0.15) is 38.7 Å². The zero-order valence-electron chi connectivity index (χ0n) is 10.2. The minimum Gasteiger partial charge on any atom is -0.508 e. The molecule has 1 atom stereocenters. The fourth-order valence-electron chi connectivity index (χ4n) is 2.89. The van der Waals surface area contributed by atoms with Crippen LogP contribution in [-0.2, 0) is 6.42 Å². The molecular weight excluding hydrogens is 198 g/mol. The Morgan fingerprint density at radius 3 is 2.31 bits per heavy atom. The van der Waals surface area contributed by atoms with Crippen molar-refractivity contribution in [2.75, 3.05) is 0 Å². The summed E-state index contributed by atoms with van der Waals surface area (Å²) in [5.41, 5.74) is 7.99. The summed E-state index contributed by atoms with van der Waals surface area (Å²) in [6, 6.07) is 7.40. The van der Waals surface area contributed by atoms with Crippen LogP contribution in [0.5, 0.6) is 5.75 Å². The highest BCUT2D eigenvalue weighted by atomic mass is 16.3. The fourth-order valence-corrected chi connectivity index (χ4v) is 2.89. The predicted octanol–water partition coefficient (Wildman–Crippen LogP) is 2.84. The highest BCUT2D eigenvalue weighted by Gasteiger charge is 2.40. The minimum atomic E-state index is -0.0551. The largest absolute Gasteiger partial charge is 0.508 e. The summed E-state index contributed by atoms with van der Waals surface area (Å²) in [5, 5.41) is 9.23. The second-order valence-corrected chi connectivity index (χ2v) is 6.05. The average Bonchev–Trinajstić information content (AvgIpc) is 2.45. The number of rotatable bonds is 2. The van der Waals surface area contributed by atoms with E-state index < -0.39 is 0 Å². The van der Waals surface area contributed by atoms with Gasteiger partial charge in [0, 0.05) is 5.54 Å². The number of hydrogen-bond acceptors (Lipinski definition) is 2. The van der Waals surface area contributed by atoms with Crippen molar-refractivity contribution >= 4 is 0 Å². The smallest absolute Gasteiger partial charge is 0.115 e. The normalized spacial score (nSPS) is 28.2. The van der Waals surface area contributed by atoms with E-state index in [0.29, 0.717) is 11.2 Å². The lowest BCUT2D eigenvalue weighted by Crippen LogP contribution is -2.40. The molecule has 0 radical (unpaired) electrons. The summed E-state index contributed by atoms with van der Waals surface area (Å²) in [4.78, 5) is 0. The zero-order chi connectivity index (χ0) is 11.8. The first-order valence-corrected chi connectivity index (χ1v) is 5.95. The zero-order valence-corrected chi connectivity index (χ0v) is 10.2. The summed E-state index contributed by atoms with van der Waals surface area (Å²) in [6.07, 6.45) is 4.31. The van der Waals surface area contributed by atoms with Gasteiger partial charge in [-0.25, -0.2) is 0 Å². The molecule has 2 heteroatoms. The number of aromatic hydroxyl groups is 1. The van der Waals surface area contributed by atoms with E-state index in [-0.39, 0.29) is 5.54 Å². The van der Waals surface area contributed by atoms with Gasteiger partial charge < -0.3 is 10.8 Å². The summed E-state index contributed by atoms with van der Waals surface area (Å²) >= 11 is 0. The van der Waals surface area contributed by atoms with Gasteiger partial charge in [-0.05, 0) is 48.8 Å². The van der Waals surface area contributed by atoms with E-state index in [1.807, 2.05) is 12.1 Å². The molecule has 2 nitrogen and oxygen atoms in total. The molecule has 0 aliphatic heterocycles. The number of benzene rings is 1. The van der Waals surface area contributed by atoms with Gasteiger partial charge in [0.15, 0.2) is 0 Å². The van der Waals surface area contributed by atoms with Crippen LogP contribution in [0.3, 0.4) is 0 Å². The standard InChI is InChI=1S/C14H21NO/c1-13(2)7-8-14(15,10-13)9-11-3-5-12(16)6-4-11/h3-6,16H,7-10,15H2,1-2H3. The quantitative estimate of drug-likeness (QED) is 0.803. The van der Waals surface area contributed by atoms with Gasteiger partial charge in [-0.2, -0.15) is 0 Å². The van der Waals surface area contributed by atoms with Gasteiger partial charge >= 0.3 is 0 Å². The molecule has 3 N–H and O–H groups in total. The molecule has 0 spiro atoms. The number of hydrogen-bond donors (Lipinski definition) is 2. The van der Waals surface area contributed by atoms with Gasteiger partial charge in [-0.1, -0.05) is 26.0 Å². The molecule has 1 fully saturated rings. The Kier molecular flexibility index (Phi) is 2.70. The average molecular weight is 219 g/mol. The molecule has 1 aliphatic rings. The lowest BCUT2D eigenvalue weighted by atomic mass is 9.85. The van der Waals surface area contributed by atoms with E-state index in [0.717, 1.165) is 19.3 Å². The van der Waals surface area contributed by atoms with E-state index >= 15 is 0 Å². The van der Waals surface area contributed by atoms with Crippen molar-refractivity contribution in [2.24, 2.45) is 11.1 Å². The van der Waals surface area contributed by atoms with Crippen LogP contribution in [0.2, 0.25) is 0 Å². The molecule has 16 heavy (non-hydrogen) atoms. The predicted molar refractivity (Wildman–Crippen MR) is 66.4 cm³/mol. The van der Waals surface area contributed by atoms with Crippen LogP contribution in [0.15, 0.2) is 24.3 Å². The molecule has 1 aromatic rings. The number of phenols is 1. The maximum absolute atomic E-state index is 9.23. The van der Waals surface area contributed by atoms with Crippen molar-refractivity contribution in [1.82, 2.24) is 0 Å². The molecule has 1 aromatic carbocycles. The molecule has 0 saturated heterocycles. The Labute approximate surface area is 97.5 Å². The lowest BCUT2D eigenvalue weighted by Gasteiger charge is -2.26. The summed E-state index contributed by atoms with van der Waals surface area (Å²) in [7, 11) is 0. The van der Waals surface area contributed by atoms with Crippen LogP contribution in [-0.4, -0.2) is 10.6 Å². The van der Waals surface area contributed by atoms with E-state index in [9.17, 15) is 5.11 Å². The number of nitrogens with two attached hydrogens (primary N) is 1. The Balaban J connectivity index is 2.07. The Morgan fingerprint density at radius 1 is 1.19 bits per heavy atom. The Bertz CT molecular complexity index is 369. The molecule has 0 amide bonds. The fraction of sp³-hybridized carbons (Fsp3) is 0.571. The lowest BCUT2D eigenvalue weighted by molar-refractivity contribution is 0.334. The SMILES string of the molecule is CC1(C)CCC(N)(Cc2ccc(O)cc2)C1. The van der Waals surface area contributed by atoms with Gasteiger partial charge in [0.05, 0.1) is 0 Å². The van der Waals surface area contributed by atoms with E-state index in [1.54, 1.807) is 12.1 Å². The van der Waals surface area contributed by atoms with Crippen LogP contribution >= 0.6 is 0 Å². The van der Waals surface area contributed by atoms with Crippen molar-refractivity contribution in [3.8, 4) is 5.75 Å². The first kappa shape index (κ1) is 11.5. The third-order valence-electron chi connectivity index (χ3n) is 3.62. The first-order valence-electron chi connectivity index (χ1n) is 5.95. The number of phenolic OH excluding ortho intramolecular Hbond substituents is 1. The maximum atomic E-state index is 9.23. The molecular formula is C14H21NO. The molecule has 2 rings (SSSR count). The third kappa shape index (κ3) is 2.56. The van der Waals surface area contributed by atoms with Crippen molar-refractivity contribution in [3.05, 3.63) is 29.8 Å². The highest BCUT2D eigenvalue weighted by molar-refractivity contribution is 5.27. The van der Waals surface area contributed by atoms with Gasteiger partial charge in [0.2, 0.25) is 0 Å². The van der Waals surface area contributed by atoms with Crippen molar-refractivity contribution < 1.29 is 5.11 Å². The minimum absolute atomic E-state index is 0.0551. The molecule has 0 bridgehead atoms. The summed E-state index contributed by atoms with van der Waals surface area (Å²) < 4.78 is 0. The monoisotopic (exact) mass is 219 g/mol. The van der Waals surface area contributed by atoms with E-state index in [4.69, 9.17) is 5.73 Å². The van der Waals surface area contributed by atoms with Gasteiger partial charge in [-0.3, -0.25) is 0 Å². The molecule has 0 aromatic heterocycles. The topological polar surface area (TPSA) is 46.2 Å². The Hall–Kier alpha value is -1.02. The first-order chi connectivity index (χ1) is 7.39. The summed E-state index contributed by atoms with van der Waals surface area (Å²) in [6.45, 7) is 4.58. The molecule has 1 unspecified atom stereocenters. The Morgan fingerprint density at radius 2 is 1.81 bits per heavy atom. The van der Waals surface area contributed by atoms with Gasteiger partial charge in [0.1, 0.15) is 5.75 Å². The molecule has 0 heterocycles. The van der Waals surface area contributed by atoms with E-state index in [1.165, 1.54) is 12.0 Å². The van der Waals surface area contributed by atoms with Crippen LogP contribution < -0.4 is 5.73 Å². The van der Waals surface area contributed by atoms with Crippen molar-refractivity contribution in [1.29, 1.82) is 0 Å². The third-order valence-corrected chi connectivity index (χ3v) is 3.62. The van der Waals surface area contributed by atoms with Gasteiger partial charge in [0.25, 0.3) is 0 Å². The molecule has 88 valence electrons. The van der Waals surface area contributed by atoms with E-state index in [2.05, 4.69) is 13.8 Å². The van der Waals surface area contributed by atoms with Gasteiger partial charge in [-0.15, -0.1) is 0 Å². The second kappa shape index (κ2) is 3.77. The summed E-state index contributed by atoms with van der Waals surface area (Å²) in [5.74, 6) is 0.321. The van der Waals surface area contributed by atoms with Crippen LogP contribution in [0, 0.1) is 5.41 Å². The highest BCUT2D eigenvalue weighted by Crippen LogP contribution is 2.43. The molecule has 1 saturated carbocycles. The molecule has 1 aliphatic carbocycles. The second-order valence-electron chi connectivity index (χ2n) is 6.05. The van der Waals surface area contributed by atoms with Crippen molar-refractivity contribution in [2.45, 2.75) is 45.1 Å². The maximum Gasteiger partial charge on any atom is 0.115 e. The van der Waals surface area contributed by atoms with Crippen LogP contribution in [0.4, 0.5) is 0 Å².